The number of esters is 1. The van der Waals surface area contributed by atoms with Crippen molar-refractivity contribution >= 4 is 17.6 Å². The molecule has 0 aliphatic rings. The summed E-state index contributed by atoms with van der Waals surface area (Å²) in [4.78, 5) is 23.5. The van der Waals surface area contributed by atoms with Crippen LogP contribution in [0.2, 0.25) is 0 Å². The monoisotopic (exact) mass is 333 g/mol. The Balaban J connectivity index is 1.89. The largest absolute Gasteiger partial charge is 0.452 e. The number of hydrogen-bond donors (Lipinski definition) is 1. The molecule has 0 atom stereocenters. The van der Waals surface area contributed by atoms with E-state index >= 15 is 0 Å². The SMILES string of the molecule is CC(C)c1ccc(NC(=O)COC(=O)c2ccc(F)cc2F)cc1. The van der Waals surface area contributed by atoms with Crippen molar-refractivity contribution in [2.24, 2.45) is 0 Å². The highest BCUT2D eigenvalue weighted by atomic mass is 19.1. The summed E-state index contributed by atoms with van der Waals surface area (Å²) in [5.74, 6) is -3.04. The first-order chi connectivity index (χ1) is 11.4. The smallest absolute Gasteiger partial charge is 0.341 e. The lowest BCUT2D eigenvalue weighted by Crippen LogP contribution is -2.21. The van der Waals surface area contributed by atoms with E-state index in [0.29, 0.717) is 17.7 Å². The van der Waals surface area contributed by atoms with Crippen molar-refractivity contribution in [3.8, 4) is 0 Å². The van der Waals surface area contributed by atoms with Gasteiger partial charge in [-0.15, -0.1) is 0 Å². The van der Waals surface area contributed by atoms with E-state index in [-0.39, 0.29) is 0 Å². The standard InChI is InChI=1S/C18H17F2NO3/c1-11(2)12-3-6-14(7-4-12)21-17(22)10-24-18(23)15-8-5-13(19)9-16(15)20/h3-9,11H,10H2,1-2H3,(H,21,22). The number of halogens is 2. The highest BCUT2D eigenvalue weighted by Crippen LogP contribution is 2.17. The molecular formula is C18H17F2NO3. The van der Waals surface area contributed by atoms with Crippen molar-refractivity contribution in [3.05, 3.63) is 65.2 Å². The lowest BCUT2D eigenvalue weighted by atomic mass is 10.0. The molecule has 0 radical (unpaired) electrons. The zero-order chi connectivity index (χ0) is 17.7. The number of anilines is 1. The molecule has 4 nitrogen and oxygen atoms in total. The van der Waals surface area contributed by atoms with Crippen LogP contribution in [-0.2, 0) is 9.53 Å². The third kappa shape index (κ3) is 4.62. The highest BCUT2D eigenvalue weighted by Gasteiger charge is 2.15. The Bertz CT molecular complexity index is 742. The van der Waals surface area contributed by atoms with Gasteiger partial charge in [0.15, 0.2) is 6.61 Å². The van der Waals surface area contributed by atoms with Crippen LogP contribution in [0.4, 0.5) is 14.5 Å². The number of amides is 1. The van der Waals surface area contributed by atoms with Gasteiger partial charge in [0.1, 0.15) is 11.6 Å². The predicted octanol–water partition coefficient (Wildman–Crippen LogP) is 3.88. The summed E-state index contributed by atoms with van der Waals surface area (Å²) < 4.78 is 31.0. The first kappa shape index (κ1) is 17.6. The number of ether oxygens (including phenoxy) is 1. The van der Waals surface area contributed by atoms with E-state index in [9.17, 15) is 18.4 Å². The Hall–Kier alpha value is -2.76. The number of carbonyl (C=O) groups is 2. The van der Waals surface area contributed by atoms with Crippen LogP contribution in [-0.4, -0.2) is 18.5 Å². The Labute approximate surface area is 138 Å². The minimum atomic E-state index is -1.04. The van der Waals surface area contributed by atoms with Gasteiger partial charge in [-0.25, -0.2) is 13.6 Å². The topological polar surface area (TPSA) is 55.4 Å². The van der Waals surface area contributed by atoms with Crippen LogP contribution in [0.3, 0.4) is 0 Å². The normalized spacial score (nSPS) is 10.5. The number of rotatable bonds is 5. The van der Waals surface area contributed by atoms with Gasteiger partial charge in [-0.3, -0.25) is 4.79 Å². The molecule has 126 valence electrons. The highest BCUT2D eigenvalue weighted by molar-refractivity contribution is 5.95. The summed E-state index contributed by atoms with van der Waals surface area (Å²) in [6, 6.07) is 9.75. The Morgan fingerprint density at radius 2 is 1.75 bits per heavy atom. The second-order valence-electron chi connectivity index (χ2n) is 5.53. The molecule has 1 amide bonds. The minimum Gasteiger partial charge on any atom is -0.452 e. The molecule has 2 aromatic carbocycles. The molecule has 1 N–H and O–H groups in total. The van der Waals surface area contributed by atoms with Crippen LogP contribution in [0.15, 0.2) is 42.5 Å². The summed E-state index contributed by atoms with van der Waals surface area (Å²) in [5, 5.41) is 2.57. The summed E-state index contributed by atoms with van der Waals surface area (Å²) in [5.41, 5.74) is 1.27. The third-order valence-electron chi connectivity index (χ3n) is 3.35. The van der Waals surface area contributed by atoms with Crippen molar-refractivity contribution in [1.82, 2.24) is 0 Å². The number of benzene rings is 2. The van der Waals surface area contributed by atoms with Gasteiger partial charge in [0.2, 0.25) is 0 Å². The molecule has 2 rings (SSSR count). The van der Waals surface area contributed by atoms with Crippen LogP contribution in [0.5, 0.6) is 0 Å². The van der Waals surface area contributed by atoms with Crippen LogP contribution >= 0.6 is 0 Å². The number of nitrogens with one attached hydrogen (secondary N) is 1. The Kier molecular flexibility index (Phi) is 5.63. The van der Waals surface area contributed by atoms with Crippen molar-refractivity contribution in [3.63, 3.8) is 0 Å². The van der Waals surface area contributed by atoms with Crippen molar-refractivity contribution in [1.29, 1.82) is 0 Å². The van der Waals surface area contributed by atoms with Gasteiger partial charge in [0.25, 0.3) is 5.91 Å². The lowest BCUT2D eigenvalue weighted by Gasteiger charge is -2.09. The fraction of sp³-hybridized carbons (Fsp3) is 0.222. The van der Waals surface area contributed by atoms with E-state index in [1.807, 2.05) is 12.1 Å². The van der Waals surface area contributed by atoms with Crippen molar-refractivity contribution in [2.75, 3.05) is 11.9 Å². The molecule has 0 bridgehead atoms. The molecule has 0 aliphatic heterocycles. The average Bonchev–Trinajstić information content (AvgIpc) is 2.53. The molecule has 0 aliphatic carbocycles. The molecule has 0 fully saturated rings. The Morgan fingerprint density at radius 3 is 2.33 bits per heavy atom. The maximum absolute atomic E-state index is 13.4. The van der Waals surface area contributed by atoms with Gasteiger partial charge in [-0.1, -0.05) is 26.0 Å². The summed E-state index contributed by atoms with van der Waals surface area (Å²) in [7, 11) is 0. The quantitative estimate of drug-likeness (QED) is 0.845. The molecule has 2 aromatic rings. The van der Waals surface area contributed by atoms with Crippen LogP contribution in [0.1, 0.15) is 35.7 Å². The van der Waals surface area contributed by atoms with Crippen LogP contribution < -0.4 is 5.32 Å². The first-order valence-corrected chi connectivity index (χ1v) is 7.39. The molecule has 0 spiro atoms. The fourth-order valence-electron chi connectivity index (χ4n) is 2.01. The number of carbonyl (C=O) groups excluding carboxylic acids is 2. The summed E-state index contributed by atoms with van der Waals surface area (Å²) in [6.45, 7) is 3.55. The van der Waals surface area contributed by atoms with E-state index in [0.717, 1.165) is 17.7 Å². The molecule has 6 heteroatoms. The van der Waals surface area contributed by atoms with E-state index in [4.69, 9.17) is 4.74 Å². The zero-order valence-corrected chi connectivity index (χ0v) is 13.3. The van der Waals surface area contributed by atoms with Crippen molar-refractivity contribution in [2.45, 2.75) is 19.8 Å². The number of hydrogen-bond acceptors (Lipinski definition) is 3. The van der Waals surface area contributed by atoms with E-state index < -0.39 is 35.7 Å². The second kappa shape index (κ2) is 7.68. The molecule has 0 aromatic heterocycles. The zero-order valence-electron chi connectivity index (χ0n) is 13.3. The van der Waals surface area contributed by atoms with Gasteiger partial charge in [0.05, 0.1) is 5.56 Å². The second-order valence-corrected chi connectivity index (χ2v) is 5.53. The average molecular weight is 333 g/mol. The molecule has 0 heterocycles. The molecule has 0 saturated carbocycles. The van der Waals surface area contributed by atoms with Gasteiger partial charge in [-0.05, 0) is 35.7 Å². The van der Waals surface area contributed by atoms with E-state index in [1.54, 1.807) is 12.1 Å². The van der Waals surface area contributed by atoms with Crippen LogP contribution in [0, 0.1) is 11.6 Å². The fourth-order valence-corrected chi connectivity index (χ4v) is 2.01. The summed E-state index contributed by atoms with van der Waals surface area (Å²) in [6.07, 6.45) is 0. The van der Waals surface area contributed by atoms with E-state index in [2.05, 4.69) is 19.2 Å². The van der Waals surface area contributed by atoms with Crippen LogP contribution in [0.25, 0.3) is 0 Å². The van der Waals surface area contributed by atoms with Crippen molar-refractivity contribution < 1.29 is 23.1 Å². The minimum absolute atomic E-state index is 0.376. The first-order valence-electron chi connectivity index (χ1n) is 7.39. The predicted molar refractivity (Wildman–Crippen MR) is 85.8 cm³/mol. The van der Waals surface area contributed by atoms with Gasteiger partial charge >= 0.3 is 5.97 Å². The molecular weight excluding hydrogens is 316 g/mol. The summed E-state index contributed by atoms with van der Waals surface area (Å²) >= 11 is 0. The van der Waals surface area contributed by atoms with Gasteiger partial charge < -0.3 is 10.1 Å². The molecule has 24 heavy (non-hydrogen) atoms. The lowest BCUT2D eigenvalue weighted by molar-refractivity contribution is -0.119. The maximum atomic E-state index is 13.4. The molecule has 0 saturated heterocycles. The Morgan fingerprint density at radius 1 is 1.08 bits per heavy atom. The van der Waals surface area contributed by atoms with Gasteiger partial charge in [0, 0.05) is 11.8 Å². The van der Waals surface area contributed by atoms with Gasteiger partial charge in [-0.2, -0.15) is 0 Å². The van der Waals surface area contributed by atoms with E-state index in [1.165, 1.54) is 0 Å². The maximum Gasteiger partial charge on any atom is 0.341 e. The third-order valence-corrected chi connectivity index (χ3v) is 3.35. The molecule has 0 unspecified atom stereocenters.